The Labute approximate surface area is 300 Å². The molecule has 2 atom stereocenters. The van der Waals surface area contributed by atoms with E-state index in [4.69, 9.17) is 8.60 Å². The summed E-state index contributed by atoms with van der Waals surface area (Å²) in [6.07, 6.45) is 10.0. The molecule has 4 heterocycles. The Kier molecular flexibility index (Phi) is 10.2. The number of nitrogens with one attached hydrogen (secondary N) is 2. The minimum absolute atomic E-state index is 0.0306. The molecule has 52 heavy (non-hydrogen) atoms. The molecule has 0 radical (unpaired) electrons. The smallest absolute Gasteiger partial charge is 0.358 e. The van der Waals surface area contributed by atoms with Crippen LogP contribution in [0.2, 0.25) is 0 Å². The molecule has 1 aromatic carbocycles. The van der Waals surface area contributed by atoms with E-state index in [2.05, 4.69) is 24.4 Å². The minimum Gasteiger partial charge on any atom is -0.427 e. The third-order valence-corrected chi connectivity index (χ3v) is 12.3. The summed E-state index contributed by atoms with van der Waals surface area (Å²) in [6.45, 7) is 1.79. The van der Waals surface area contributed by atoms with Crippen molar-refractivity contribution < 1.29 is 33.9 Å². The van der Waals surface area contributed by atoms with Gasteiger partial charge in [0, 0.05) is 69.9 Å². The highest BCUT2D eigenvalue weighted by Gasteiger charge is 2.39. The van der Waals surface area contributed by atoms with Crippen LogP contribution in [-0.2, 0) is 51.3 Å². The first kappa shape index (κ1) is 37.0. The van der Waals surface area contributed by atoms with Crippen molar-refractivity contribution in [2.24, 2.45) is 27.1 Å². The van der Waals surface area contributed by atoms with Gasteiger partial charge in [-0.3, -0.25) is 4.72 Å². The summed E-state index contributed by atoms with van der Waals surface area (Å²) < 4.78 is 99.8. The number of nitrogens with zero attached hydrogens (tertiary/aromatic N) is 6. The topological polar surface area (TPSA) is 219 Å². The predicted octanol–water partition coefficient (Wildman–Crippen LogP) is 2.81. The summed E-state index contributed by atoms with van der Waals surface area (Å²) in [6, 6.07) is 7.84. The Morgan fingerprint density at radius 2 is 1.46 bits per heavy atom. The lowest BCUT2D eigenvalue weighted by Gasteiger charge is -2.22. The molecule has 1 aliphatic carbocycles. The molecule has 0 bridgehead atoms. The van der Waals surface area contributed by atoms with E-state index in [1.807, 2.05) is 6.92 Å². The minimum atomic E-state index is -4.54. The van der Waals surface area contributed by atoms with E-state index < -0.39 is 47.6 Å². The highest BCUT2D eigenvalue weighted by atomic mass is 32.2. The summed E-state index contributed by atoms with van der Waals surface area (Å²) in [4.78, 5) is 25.8. The van der Waals surface area contributed by atoms with Crippen LogP contribution in [0.25, 0.3) is 0 Å². The number of sulfonamides is 2. The van der Waals surface area contributed by atoms with Crippen LogP contribution in [0.5, 0.6) is 5.75 Å². The Morgan fingerprint density at radius 3 is 2.02 bits per heavy atom. The molecule has 0 aliphatic heterocycles. The van der Waals surface area contributed by atoms with Crippen LogP contribution in [0.4, 0.5) is 5.69 Å². The number of aryl methyl sites for hydroxylation is 3. The monoisotopic (exact) mass is 774 g/mol. The Hall–Kier alpha value is -4.79. The number of rotatable bonds is 16. The van der Waals surface area contributed by atoms with Gasteiger partial charge in [-0.1, -0.05) is 19.1 Å². The van der Waals surface area contributed by atoms with E-state index in [0.29, 0.717) is 24.8 Å². The van der Waals surface area contributed by atoms with E-state index in [1.165, 1.54) is 57.3 Å². The molecule has 6 rings (SSSR count). The molecule has 20 heteroatoms. The molecule has 1 aliphatic rings. The molecule has 5 aromatic rings. The summed E-state index contributed by atoms with van der Waals surface area (Å²) >= 11 is 0. The second-order valence-corrected chi connectivity index (χ2v) is 17.6. The predicted molar refractivity (Wildman–Crippen MR) is 187 cm³/mol. The van der Waals surface area contributed by atoms with Gasteiger partial charge in [0.15, 0.2) is 15.8 Å². The van der Waals surface area contributed by atoms with Gasteiger partial charge in [0.05, 0.1) is 24.5 Å². The molecule has 1 saturated carbocycles. The SMILES string of the molecule is CCC(CCNS(=O)(=O)c1cn(C)cn1)c1cc(OS(=O)(=O)c2cn(C)cn2)c(C(c2cccc(NS(=O)(=O)c3cn(C)cn3)c2)C2CC2)c(=O)o1. The maximum absolute atomic E-state index is 14.1. The Bertz CT molecular complexity index is 2480. The first-order valence-electron chi connectivity index (χ1n) is 16.2. The Morgan fingerprint density at radius 1 is 0.865 bits per heavy atom. The van der Waals surface area contributed by atoms with Crippen LogP contribution >= 0.6 is 0 Å². The van der Waals surface area contributed by atoms with Gasteiger partial charge in [-0.05, 0) is 49.3 Å². The van der Waals surface area contributed by atoms with E-state index in [0.717, 1.165) is 0 Å². The van der Waals surface area contributed by atoms with Gasteiger partial charge in [-0.25, -0.2) is 32.9 Å². The summed E-state index contributed by atoms with van der Waals surface area (Å²) in [7, 11) is -7.61. The van der Waals surface area contributed by atoms with Crippen molar-refractivity contribution in [3.05, 3.63) is 95.2 Å². The zero-order valence-electron chi connectivity index (χ0n) is 28.7. The summed E-state index contributed by atoms with van der Waals surface area (Å²) in [5.41, 5.74) is -0.161. The van der Waals surface area contributed by atoms with Gasteiger partial charge in [0.1, 0.15) is 5.76 Å². The van der Waals surface area contributed by atoms with Gasteiger partial charge in [-0.15, -0.1) is 0 Å². The number of imidazole rings is 3. The molecule has 2 N–H and O–H groups in total. The fourth-order valence-corrected chi connectivity index (χ4v) is 8.87. The van der Waals surface area contributed by atoms with Crippen LogP contribution in [0.1, 0.15) is 61.3 Å². The average Bonchev–Trinajstić information content (AvgIpc) is 3.37. The second-order valence-electron chi connectivity index (χ2n) is 12.7. The van der Waals surface area contributed by atoms with Crippen LogP contribution in [0, 0.1) is 5.92 Å². The third kappa shape index (κ3) is 8.14. The normalized spacial score (nSPS) is 15.0. The molecule has 2 unspecified atom stereocenters. The van der Waals surface area contributed by atoms with Crippen molar-refractivity contribution in [3.63, 3.8) is 0 Å². The van der Waals surface area contributed by atoms with Gasteiger partial charge < -0.3 is 22.3 Å². The largest absolute Gasteiger partial charge is 0.427 e. The van der Waals surface area contributed by atoms with Crippen molar-refractivity contribution in [2.75, 3.05) is 11.3 Å². The summed E-state index contributed by atoms with van der Waals surface area (Å²) in [5.74, 6) is -1.52. The number of hydrogen-bond donors (Lipinski definition) is 2. The molecule has 278 valence electrons. The lowest BCUT2D eigenvalue weighted by Crippen LogP contribution is -2.26. The maximum atomic E-state index is 14.1. The van der Waals surface area contributed by atoms with Crippen LogP contribution in [0.15, 0.2) is 92.2 Å². The van der Waals surface area contributed by atoms with Crippen molar-refractivity contribution in [1.29, 1.82) is 0 Å². The van der Waals surface area contributed by atoms with Gasteiger partial charge in [0.25, 0.3) is 20.0 Å². The summed E-state index contributed by atoms with van der Waals surface area (Å²) in [5, 5.41) is -0.699. The highest BCUT2D eigenvalue weighted by molar-refractivity contribution is 7.92. The quantitative estimate of drug-likeness (QED) is 0.138. The lowest BCUT2D eigenvalue weighted by atomic mass is 9.86. The molecule has 0 spiro atoms. The molecular weight excluding hydrogens is 737 g/mol. The first-order chi connectivity index (χ1) is 24.6. The molecule has 1 fully saturated rings. The van der Waals surface area contributed by atoms with E-state index in [-0.39, 0.29) is 56.7 Å². The number of anilines is 1. The zero-order chi connectivity index (χ0) is 37.4. The Balaban J connectivity index is 1.37. The first-order valence-corrected chi connectivity index (χ1v) is 20.6. The van der Waals surface area contributed by atoms with Crippen LogP contribution in [-0.4, -0.2) is 60.5 Å². The fourth-order valence-electron chi connectivity index (χ4n) is 5.88. The molecule has 0 saturated heterocycles. The molecule has 0 amide bonds. The third-order valence-electron chi connectivity index (χ3n) is 8.60. The van der Waals surface area contributed by atoms with Crippen LogP contribution in [0.3, 0.4) is 0 Å². The van der Waals surface area contributed by atoms with Gasteiger partial charge in [-0.2, -0.15) is 16.8 Å². The molecular formula is C32H38N8O9S3. The fraction of sp³-hybridized carbons (Fsp3) is 0.375. The second kappa shape index (κ2) is 14.3. The maximum Gasteiger partial charge on any atom is 0.358 e. The zero-order valence-corrected chi connectivity index (χ0v) is 31.2. The molecule has 17 nitrogen and oxygen atoms in total. The number of benzene rings is 1. The standard InChI is InChI=1S/C32H38N8O9S3/c1-5-21(11-12-36-50(42,43)27-15-38(2)18-33-27)25-14-26(49-52(46,47)29-17-40(4)20-35-29)31(32(41)48-25)30(22-9-10-22)23-7-6-8-24(13-23)37-51(44,45)28-16-39(3)19-34-28/h6-8,13-22,30,36-37H,5,9-12H2,1-4H3. The van der Waals surface area contributed by atoms with Gasteiger partial charge in [0.2, 0.25) is 5.03 Å². The van der Waals surface area contributed by atoms with Gasteiger partial charge >= 0.3 is 15.7 Å². The van der Waals surface area contributed by atoms with Crippen molar-refractivity contribution in [3.8, 4) is 5.75 Å². The van der Waals surface area contributed by atoms with Crippen molar-refractivity contribution >= 4 is 35.9 Å². The van der Waals surface area contributed by atoms with Crippen molar-refractivity contribution in [1.82, 2.24) is 33.4 Å². The van der Waals surface area contributed by atoms with Crippen molar-refractivity contribution in [2.45, 2.75) is 59.5 Å². The number of hydrogen-bond acceptors (Lipinski definition) is 12. The average molecular weight is 775 g/mol. The number of aromatic nitrogens is 6. The lowest BCUT2D eigenvalue weighted by molar-refractivity contribution is 0.384. The van der Waals surface area contributed by atoms with E-state index in [1.54, 1.807) is 45.4 Å². The van der Waals surface area contributed by atoms with E-state index in [9.17, 15) is 30.0 Å². The van der Waals surface area contributed by atoms with Crippen LogP contribution < -0.4 is 19.3 Å². The van der Waals surface area contributed by atoms with E-state index >= 15 is 0 Å². The molecule has 4 aromatic heterocycles. The highest BCUT2D eigenvalue weighted by Crippen LogP contribution is 2.49.